The fourth-order valence-electron chi connectivity index (χ4n) is 3.73. The van der Waals surface area contributed by atoms with E-state index >= 15 is 0 Å². The summed E-state index contributed by atoms with van der Waals surface area (Å²) in [5.74, 6) is -0.0432. The first-order valence-corrected chi connectivity index (χ1v) is 11.0. The van der Waals surface area contributed by atoms with Crippen LogP contribution in [0.5, 0.6) is 11.5 Å². The fraction of sp³-hybridized carbons (Fsp3) is 0.103. The molecule has 1 atom stereocenters. The zero-order chi connectivity index (χ0) is 23.9. The molecule has 2 N–H and O–H groups in total. The van der Waals surface area contributed by atoms with Crippen LogP contribution in [0.15, 0.2) is 103 Å². The normalized spacial score (nSPS) is 11.4. The minimum Gasteiger partial charge on any atom is -0.478 e. The lowest BCUT2D eigenvalue weighted by atomic mass is 9.97. The highest BCUT2D eigenvalue weighted by atomic mass is 16.5. The van der Waals surface area contributed by atoms with E-state index in [0.717, 1.165) is 16.9 Å². The van der Waals surface area contributed by atoms with Gasteiger partial charge in [0.25, 0.3) is 0 Å². The van der Waals surface area contributed by atoms with E-state index in [0.29, 0.717) is 23.4 Å². The Morgan fingerprint density at radius 2 is 1.35 bits per heavy atom. The molecule has 0 aromatic heterocycles. The maximum absolute atomic E-state index is 13.0. The Labute approximate surface area is 198 Å². The van der Waals surface area contributed by atoms with Gasteiger partial charge in [0, 0.05) is 12.1 Å². The number of benzene rings is 4. The van der Waals surface area contributed by atoms with Crippen molar-refractivity contribution in [2.45, 2.75) is 19.3 Å². The third kappa shape index (κ3) is 5.51. The van der Waals surface area contributed by atoms with Gasteiger partial charge in [-0.2, -0.15) is 0 Å². The van der Waals surface area contributed by atoms with E-state index in [9.17, 15) is 14.7 Å². The van der Waals surface area contributed by atoms with Gasteiger partial charge in [0.2, 0.25) is 5.91 Å². The van der Waals surface area contributed by atoms with E-state index < -0.39 is 5.97 Å². The molecule has 34 heavy (non-hydrogen) atoms. The monoisotopic (exact) mass is 451 g/mol. The van der Waals surface area contributed by atoms with Crippen molar-refractivity contribution < 1.29 is 19.4 Å². The van der Waals surface area contributed by atoms with Gasteiger partial charge < -0.3 is 15.2 Å². The van der Waals surface area contributed by atoms with Crippen molar-refractivity contribution in [3.63, 3.8) is 0 Å². The largest absolute Gasteiger partial charge is 0.478 e. The van der Waals surface area contributed by atoms with Crippen LogP contribution in [0.25, 0.3) is 0 Å². The van der Waals surface area contributed by atoms with E-state index in [-0.39, 0.29) is 17.4 Å². The zero-order valence-electron chi connectivity index (χ0n) is 18.8. The van der Waals surface area contributed by atoms with Gasteiger partial charge >= 0.3 is 5.97 Å². The molecule has 0 heterocycles. The van der Waals surface area contributed by atoms with Crippen molar-refractivity contribution in [1.29, 1.82) is 0 Å². The second-order valence-electron chi connectivity index (χ2n) is 7.99. The molecule has 170 valence electrons. The van der Waals surface area contributed by atoms with Gasteiger partial charge in [-0.05, 0) is 60.0 Å². The quantitative estimate of drug-likeness (QED) is 0.320. The van der Waals surface area contributed by atoms with Gasteiger partial charge in [-0.25, -0.2) is 4.79 Å². The number of anilines is 1. The first kappa shape index (κ1) is 22.8. The summed E-state index contributed by atoms with van der Waals surface area (Å²) in [7, 11) is 0. The molecule has 4 rings (SSSR count). The smallest absolute Gasteiger partial charge is 0.335 e. The maximum Gasteiger partial charge on any atom is 0.335 e. The first-order valence-electron chi connectivity index (χ1n) is 11.0. The highest BCUT2D eigenvalue weighted by Crippen LogP contribution is 2.26. The number of nitrogens with one attached hydrogen (secondary N) is 1. The van der Waals surface area contributed by atoms with E-state index in [4.69, 9.17) is 4.74 Å². The van der Waals surface area contributed by atoms with Crippen LogP contribution in [0.2, 0.25) is 0 Å². The molecule has 1 unspecified atom stereocenters. The number of carbonyl (C=O) groups is 2. The van der Waals surface area contributed by atoms with Gasteiger partial charge in [-0.1, -0.05) is 66.7 Å². The van der Waals surface area contributed by atoms with Crippen LogP contribution in [0, 0.1) is 0 Å². The number of carboxylic acids is 1. The second kappa shape index (κ2) is 10.5. The Balaban J connectivity index is 1.46. The molecule has 1 amide bonds. The number of carbonyl (C=O) groups excluding carboxylic acids is 1. The summed E-state index contributed by atoms with van der Waals surface area (Å²) in [5, 5.41) is 12.5. The number of ether oxygens (including phenoxy) is 1. The molecule has 4 aromatic carbocycles. The first-order chi connectivity index (χ1) is 16.5. The number of amides is 1. The van der Waals surface area contributed by atoms with Crippen molar-refractivity contribution in [2.24, 2.45) is 0 Å². The van der Waals surface area contributed by atoms with Crippen molar-refractivity contribution in [3.8, 4) is 11.5 Å². The van der Waals surface area contributed by atoms with Crippen molar-refractivity contribution in [2.75, 3.05) is 5.32 Å². The lowest BCUT2D eigenvalue weighted by Crippen LogP contribution is -2.19. The summed E-state index contributed by atoms with van der Waals surface area (Å²) in [6.07, 6.45) is 0.402. The van der Waals surface area contributed by atoms with Crippen LogP contribution >= 0.6 is 0 Å². The minimum atomic E-state index is -0.967. The molecule has 0 spiro atoms. The van der Waals surface area contributed by atoms with Gasteiger partial charge in [-0.3, -0.25) is 4.79 Å². The van der Waals surface area contributed by atoms with Gasteiger partial charge in [0.05, 0.1) is 11.5 Å². The lowest BCUT2D eigenvalue weighted by molar-refractivity contribution is -0.117. The molecule has 0 saturated carbocycles. The Morgan fingerprint density at radius 1 is 0.765 bits per heavy atom. The maximum atomic E-state index is 13.0. The fourth-order valence-corrected chi connectivity index (χ4v) is 3.73. The Kier molecular flexibility index (Phi) is 7.04. The summed E-state index contributed by atoms with van der Waals surface area (Å²) in [4.78, 5) is 24.6. The van der Waals surface area contributed by atoms with E-state index in [1.54, 1.807) is 18.2 Å². The number of hydrogen-bond donors (Lipinski definition) is 2. The average molecular weight is 452 g/mol. The number of carboxylic acid groups (broad SMARTS) is 1. The standard InChI is InChI=1S/C29H25NO4/c1-20(21-15-17-25(18-16-21)34-24-11-3-2-4-12-24)28(31)30-27-14-8-6-10-23(27)19-22-9-5-7-13-26(22)29(32)33/h2-18,20H,19H2,1H3,(H,30,31)(H,32,33). The summed E-state index contributed by atoms with van der Waals surface area (Å²) in [5.41, 5.74) is 3.34. The highest BCUT2D eigenvalue weighted by molar-refractivity contribution is 5.96. The molecule has 0 fully saturated rings. The number of hydrogen-bond acceptors (Lipinski definition) is 3. The van der Waals surface area contributed by atoms with E-state index in [1.807, 2.05) is 91.9 Å². The second-order valence-corrected chi connectivity index (χ2v) is 7.99. The summed E-state index contributed by atoms with van der Waals surface area (Å²) >= 11 is 0. The van der Waals surface area contributed by atoms with Gasteiger partial charge in [-0.15, -0.1) is 0 Å². The topological polar surface area (TPSA) is 75.6 Å². The van der Waals surface area contributed by atoms with Crippen molar-refractivity contribution in [3.05, 3.63) is 125 Å². The Bertz CT molecular complexity index is 1280. The third-order valence-electron chi connectivity index (χ3n) is 5.66. The molecule has 4 aromatic rings. The molecule has 0 saturated heterocycles. The molecular formula is C29H25NO4. The highest BCUT2D eigenvalue weighted by Gasteiger charge is 2.18. The number of rotatable bonds is 8. The minimum absolute atomic E-state index is 0.143. The lowest BCUT2D eigenvalue weighted by Gasteiger charge is -2.16. The van der Waals surface area contributed by atoms with Crippen LogP contribution in [0.3, 0.4) is 0 Å². The molecule has 5 heteroatoms. The summed E-state index contributed by atoms with van der Waals surface area (Å²) in [6.45, 7) is 1.85. The molecule has 0 radical (unpaired) electrons. The van der Waals surface area contributed by atoms with Crippen LogP contribution in [-0.4, -0.2) is 17.0 Å². The molecule has 0 aliphatic carbocycles. The van der Waals surface area contributed by atoms with Crippen LogP contribution < -0.4 is 10.1 Å². The zero-order valence-corrected chi connectivity index (χ0v) is 18.8. The Morgan fingerprint density at radius 3 is 2.06 bits per heavy atom. The van der Waals surface area contributed by atoms with Crippen LogP contribution in [0.1, 0.15) is 39.9 Å². The van der Waals surface area contributed by atoms with Crippen molar-refractivity contribution >= 4 is 17.6 Å². The van der Waals surface area contributed by atoms with Crippen LogP contribution in [0.4, 0.5) is 5.69 Å². The summed E-state index contributed by atoms with van der Waals surface area (Å²) in [6, 6.07) is 31.4. The van der Waals surface area contributed by atoms with Crippen molar-refractivity contribution in [1.82, 2.24) is 0 Å². The van der Waals surface area contributed by atoms with E-state index in [2.05, 4.69) is 5.32 Å². The predicted molar refractivity (Wildman–Crippen MR) is 133 cm³/mol. The average Bonchev–Trinajstić information content (AvgIpc) is 2.86. The molecule has 0 aliphatic rings. The molecular weight excluding hydrogens is 426 g/mol. The van der Waals surface area contributed by atoms with Crippen LogP contribution in [-0.2, 0) is 11.2 Å². The molecule has 5 nitrogen and oxygen atoms in total. The predicted octanol–water partition coefficient (Wildman–Crippen LogP) is 6.51. The third-order valence-corrected chi connectivity index (χ3v) is 5.66. The van der Waals surface area contributed by atoms with Gasteiger partial charge in [0.1, 0.15) is 11.5 Å². The Hall–Kier alpha value is -4.38. The number of aromatic carboxylic acids is 1. The molecule has 0 aliphatic heterocycles. The SMILES string of the molecule is CC(C(=O)Nc1ccccc1Cc1ccccc1C(=O)O)c1ccc(Oc2ccccc2)cc1. The summed E-state index contributed by atoms with van der Waals surface area (Å²) < 4.78 is 5.83. The van der Waals surface area contributed by atoms with Gasteiger partial charge in [0.15, 0.2) is 0 Å². The van der Waals surface area contributed by atoms with E-state index in [1.165, 1.54) is 0 Å². The number of para-hydroxylation sites is 2. The molecule has 0 bridgehead atoms.